The van der Waals surface area contributed by atoms with E-state index in [1.165, 1.54) is 38.5 Å². The predicted molar refractivity (Wildman–Crippen MR) is 126 cm³/mol. The lowest BCUT2D eigenvalue weighted by Crippen LogP contribution is -2.53. The van der Waals surface area contributed by atoms with Gasteiger partial charge in [-0.15, -0.1) is 0 Å². The van der Waals surface area contributed by atoms with Crippen molar-refractivity contribution >= 4 is 23.8 Å². The van der Waals surface area contributed by atoms with Crippen molar-refractivity contribution in [3.05, 3.63) is 18.2 Å². The summed E-state index contributed by atoms with van der Waals surface area (Å²) in [5.74, 6) is 5.03. The Labute approximate surface area is 200 Å². The van der Waals surface area contributed by atoms with E-state index in [0.717, 1.165) is 38.5 Å². The largest absolute Gasteiger partial charge is 0.443 e. The van der Waals surface area contributed by atoms with Gasteiger partial charge in [-0.05, 0) is 125 Å². The predicted octanol–water partition coefficient (Wildman–Crippen LogP) is 6.12. The molecule has 182 valence electrons. The number of ether oxygens (including phenoxy) is 2. The fourth-order valence-corrected chi connectivity index (χ4v) is 9.54. The van der Waals surface area contributed by atoms with Crippen LogP contribution in [0.5, 0.6) is 0 Å². The molecule has 7 heteroatoms. The van der Waals surface area contributed by atoms with Crippen molar-refractivity contribution in [1.29, 1.82) is 0 Å². The molecule has 0 aromatic carbocycles. The Hall–Kier alpha value is -2.31. The van der Waals surface area contributed by atoms with Crippen LogP contribution in [0.1, 0.15) is 77.0 Å². The van der Waals surface area contributed by atoms with E-state index in [2.05, 4.69) is 15.6 Å². The van der Waals surface area contributed by atoms with Crippen LogP contribution >= 0.6 is 0 Å². The highest BCUT2D eigenvalue weighted by atomic mass is 16.6. The summed E-state index contributed by atoms with van der Waals surface area (Å²) in [6.07, 6.45) is 12.9. The first kappa shape index (κ1) is 21.0. The number of aromatic nitrogens is 1. The quantitative estimate of drug-likeness (QED) is 0.559. The Kier molecular flexibility index (Phi) is 4.69. The van der Waals surface area contributed by atoms with E-state index in [1.54, 1.807) is 18.2 Å². The second-order valence-electron chi connectivity index (χ2n) is 12.6. The average molecular weight is 466 g/mol. The van der Waals surface area contributed by atoms with E-state index in [4.69, 9.17) is 9.47 Å². The number of pyridine rings is 1. The van der Waals surface area contributed by atoms with E-state index < -0.39 is 12.2 Å². The minimum absolute atomic E-state index is 0.295. The zero-order chi connectivity index (χ0) is 22.9. The normalized spacial score (nSPS) is 42.9. The van der Waals surface area contributed by atoms with Crippen molar-refractivity contribution in [3.8, 4) is 0 Å². The van der Waals surface area contributed by atoms with Crippen LogP contribution < -0.4 is 10.6 Å². The molecule has 9 rings (SSSR count). The first-order chi connectivity index (χ1) is 16.4. The number of carbonyl (C=O) groups is 2. The number of nitrogens with one attached hydrogen (secondary N) is 2. The van der Waals surface area contributed by atoms with Crippen LogP contribution in [0.25, 0.3) is 0 Å². The molecule has 0 radical (unpaired) electrons. The molecular formula is C27H35N3O4. The zero-order valence-electron chi connectivity index (χ0n) is 19.8. The molecule has 0 unspecified atom stereocenters. The van der Waals surface area contributed by atoms with Gasteiger partial charge in [0.25, 0.3) is 0 Å². The number of amides is 2. The second-order valence-corrected chi connectivity index (χ2v) is 12.6. The highest BCUT2D eigenvalue weighted by Crippen LogP contribution is 2.58. The van der Waals surface area contributed by atoms with Crippen LogP contribution in [0.3, 0.4) is 0 Å². The van der Waals surface area contributed by atoms with Crippen LogP contribution in [0, 0.1) is 35.5 Å². The maximum absolute atomic E-state index is 12.8. The Morgan fingerprint density at radius 2 is 0.971 bits per heavy atom. The molecule has 8 bridgehead atoms. The third kappa shape index (κ3) is 3.85. The van der Waals surface area contributed by atoms with Crippen molar-refractivity contribution in [2.24, 2.45) is 35.5 Å². The van der Waals surface area contributed by atoms with Crippen molar-refractivity contribution in [2.75, 3.05) is 10.6 Å². The van der Waals surface area contributed by atoms with Crippen LogP contribution in [0.2, 0.25) is 0 Å². The third-order valence-electron chi connectivity index (χ3n) is 9.79. The molecule has 8 aliphatic carbocycles. The summed E-state index contributed by atoms with van der Waals surface area (Å²) >= 11 is 0. The molecule has 7 nitrogen and oxygen atoms in total. The Balaban J connectivity index is 0.969. The van der Waals surface area contributed by atoms with E-state index in [-0.39, 0.29) is 11.2 Å². The standard InChI is InChI=1S/C27H35N3O4/c31-24(33-26-10-16-4-17(11-26)6-18(5-16)12-26)29-22-2-1-3-23(28-22)30-25(32)34-27-13-19-7-20(14-27)9-21(8-19)15-27/h1-3,16-21H,4-15H2,(H2,28,29,30,31,32). The van der Waals surface area contributed by atoms with E-state index >= 15 is 0 Å². The summed E-state index contributed by atoms with van der Waals surface area (Å²) in [6, 6.07) is 5.21. The molecule has 1 aromatic heterocycles. The fourth-order valence-electron chi connectivity index (χ4n) is 9.54. The lowest BCUT2D eigenvalue weighted by molar-refractivity contribution is -0.124. The molecule has 2 amide bonds. The summed E-state index contributed by atoms with van der Waals surface area (Å²) in [6.45, 7) is 0. The van der Waals surface area contributed by atoms with Gasteiger partial charge in [0.15, 0.2) is 0 Å². The molecule has 1 heterocycles. The van der Waals surface area contributed by atoms with E-state index in [9.17, 15) is 9.59 Å². The van der Waals surface area contributed by atoms with Crippen molar-refractivity contribution in [3.63, 3.8) is 0 Å². The minimum atomic E-state index is -0.442. The summed E-state index contributed by atoms with van der Waals surface area (Å²) in [4.78, 5) is 29.9. The van der Waals surface area contributed by atoms with E-state index in [1.807, 2.05) is 0 Å². The van der Waals surface area contributed by atoms with Gasteiger partial charge in [0.2, 0.25) is 0 Å². The van der Waals surface area contributed by atoms with Crippen LogP contribution in [-0.2, 0) is 9.47 Å². The van der Waals surface area contributed by atoms with Crippen molar-refractivity contribution in [1.82, 2.24) is 4.98 Å². The van der Waals surface area contributed by atoms with Crippen LogP contribution in [-0.4, -0.2) is 28.4 Å². The maximum atomic E-state index is 12.8. The average Bonchev–Trinajstić information content (AvgIpc) is 2.70. The van der Waals surface area contributed by atoms with Gasteiger partial charge in [0, 0.05) is 0 Å². The Bertz CT molecular complexity index is 862. The van der Waals surface area contributed by atoms with E-state index in [0.29, 0.717) is 47.1 Å². The van der Waals surface area contributed by atoms with Gasteiger partial charge in [0.1, 0.15) is 22.8 Å². The molecule has 0 spiro atoms. The van der Waals surface area contributed by atoms with Gasteiger partial charge in [-0.3, -0.25) is 10.6 Å². The highest BCUT2D eigenvalue weighted by Gasteiger charge is 2.54. The van der Waals surface area contributed by atoms with Crippen LogP contribution in [0.4, 0.5) is 21.2 Å². The van der Waals surface area contributed by atoms with Crippen LogP contribution in [0.15, 0.2) is 18.2 Å². The number of hydrogen-bond acceptors (Lipinski definition) is 5. The third-order valence-corrected chi connectivity index (χ3v) is 9.79. The van der Waals surface area contributed by atoms with Gasteiger partial charge >= 0.3 is 12.2 Å². The lowest BCUT2D eigenvalue weighted by atomic mass is 9.54. The fraction of sp³-hybridized carbons (Fsp3) is 0.741. The molecule has 0 aliphatic heterocycles. The first-order valence-electron chi connectivity index (χ1n) is 13.4. The van der Waals surface area contributed by atoms with Gasteiger partial charge < -0.3 is 9.47 Å². The van der Waals surface area contributed by atoms with Gasteiger partial charge in [-0.2, -0.15) is 0 Å². The molecule has 0 saturated heterocycles. The molecule has 2 N–H and O–H groups in total. The topological polar surface area (TPSA) is 89.6 Å². The molecule has 8 saturated carbocycles. The maximum Gasteiger partial charge on any atom is 0.413 e. The number of carbonyl (C=O) groups excluding carboxylic acids is 2. The van der Waals surface area contributed by atoms with Gasteiger partial charge in [-0.25, -0.2) is 14.6 Å². The Morgan fingerprint density at radius 1 is 0.647 bits per heavy atom. The molecule has 1 aromatic rings. The molecule has 8 fully saturated rings. The summed E-state index contributed by atoms with van der Waals surface area (Å²) in [5, 5.41) is 5.59. The Morgan fingerprint density at radius 3 is 1.29 bits per heavy atom. The minimum Gasteiger partial charge on any atom is -0.443 e. The number of nitrogens with zero attached hydrogens (tertiary/aromatic N) is 1. The number of anilines is 2. The highest BCUT2D eigenvalue weighted by molar-refractivity contribution is 5.86. The van der Waals surface area contributed by atoms with Crippen molar-refractivity contribution < 1.29 is 19.1 Å². The lowest BCUT2D eigenvalue weighted by Gasteiger charge is -2.55. The molecular weight excluding hydrogens is 430 g/mol. The number of rotatable bonds is 4. The van der Waals surface area contributed by atoms with Crippen molar-refractivity contribution in [2.45, 2.75) is 88.3 Å². The number of hydrogen-bond donors (Lipinski definition) is 2. The molecule has 8 aliphatic rings. The molecule has 0 atom stereocenters. The summed E-state index contributed by atoms with van der Waals surface area (Å²) in [7, 11) is 0. The second kappa shape index (κ2) is 7.59. The molecule has 34 heavy (non-hydrogen) atoms. The van der Waals surface area contributed by atoms with Gasteiger partial charge in [-0.1, -0.05) is 6.07 Å². The summed E-state index contributed by atoms with van der Waals surface area (Å²) < 4.78 is 12.1. The monoisotopic (exact) mass is 465 g/mol. The summed E-state index contributed by atoms with van der Waals surface area (Å²) in [5.41, 5.74) is -0.591. The zero-order valence-corrected chi connectivity index (χ0v) is 19.8. The first-order valence-corrected chi connectivity index (χ1v) is 13.4. The smallest absolute Gasteiger partial charge is 0.413 e. The van der Waals surface area contributed by atoms with Gasteiger partial charge in [0.05, 0.1) is 0 Å². The SMILES string of the molecule is O=C(Nc1cccc(NC(=O)OC23CC4CC(CC(C4)C2)C3)n1)OC12CC3CC(CC(C3)C1)C2.